The highest BCUT2D eigenvalue weighted by Crippen LogP contribution is 2.18. The molecule has 0 fully saturated rings. The molecule has 1 N–H and O–H groups in total. The largest absolute Gasteiger partial charge is 0.481 e. The molecule has 4 heteroatoms. The van der Waals surface area contributed by atoms with E-state index in [1.165, 1.54) is 12.1 Å². The van der Waals surface area contributed by atoms with Gasteiger partial charge in [0, 0.05) is 23.6 Å². The minimum absolute atomic E-state index is 0.0337. The predicted octanol–water partition coefficient (Wildman–Crippen LogP) is 3.46. The minimum atomic E-state index is -0.832. The maximum Gasteiger partial charge on any atom is 0.307 e. The number of rotatable bonds is 4. The van der Waals surface area contributed by atoms with Crippen LogP contribution in [0.1, 0.15) is 11.1 Å². The Morgan fingerprint density at radius 1 is 1.05 bits per heavy atom. The fourth-order valence-corrected chi connectivity index (χ4v) is 2.44. The van der Waals surface area contributed by atoms with Crippen molar-refractivity contribution in [2.75, 3.05) is 0 Å². The average molecular weight is 283 g/mol. The summed E-state index contributed by atoms with van der Waals surface area (Å²) in [6.07, 6.45) is 1.96. The Labute approximate surface area is 121 Å². The lowest BCUT2D eigenvalue weighted by molar-refractivity contribution is -0.136. The first-order chi connectivity index (χ1) is 10.1. The number of fused-ring (bicyclic) bond motifs is 1. The van der Waals surface area contributed by atoms with E-state index in [4.69, 9.17) is 5.11 Å². The lowest BCUT2D eigenvalue weighted by Crippen LogP contribution is -2.01. The fraction of sp³-hybridized carbons (Fsp3) is 0.118. The number of carbonyl (C=O) groups is 1. The summed E-state index contributed by atoms with van der Waals surface area (Å²) in [5, 5.41) is 9.62. The van der Waals surface area contributed by atoms with Gasteiger partial charge in [0.15, 0.2) is 0 Å². The summed E-state index contributed by atoms with van der Waals surface area (Å²) in [7, 11) is 0. The van der Waals surface area contributed by atoms with Crippen molar-refractivity contribution >= 4 is 16.9 Å². The van der Waals surface area contributed by atoms with E-state index in [-0.39, 0.29) is 12.2 Å². The van der Waals surface area contributed by atoms with Gasteiger partial charge >= 0.3 is 5.97 Å². The molecule has 0 aliphatic rings. The topological polar surface area (TPSA) is 42.2 Å². The SMILES string of the molecule is O=C(O)Cc1ccc(Cn2ccc3cc(F)ccc32)cc1. The Morgan fingerprint density at radius 3 is 2.48 bits per heavy atom. The molecule has 1 aromatic heterocycles. The predicted molar refractivity (Wildman–Crippen MR) is 78.8 cm³/mol. The Bertz CT molecular complexity index is 790. The molecule has 0 unspecified atom stereocenters. The zero-order valence-electron chi connectivity index (χ0n) is 11.3. The molecule has 0 amide bonds. The minimum Gasteiger partial charge on any atom is -0.481 e. The molecule has 0 bridgehead atoms. The first kappa shape index (κ1) is 13.4. The Kier molecular flexibility index (Phi) is 3.44. The number of hydrogen-bond donors (Lipinski definition) is 1. The van der Waals surface area contributed by atoms with Gasteiger partial charge in [0.25, 0.3) is 0 Å². The second-order valence-electron chi connectivity index (χ2n) is 5.03. The zero-order valence-corrected chi connectivity index (χ0v) is 11.3. The summed E-state index contributed by atoms with van der Waals surface area (Å²) >= 11 is 0. The van der Waals surface area contributed by atoms with Gasteiger partial charge in [-0.2, -0.15) is 0 Å². The lowest BCUT2D eigenvalue weighted by Gasteiger charge is -2.07. The standard InChI is InChI=1S/C17H14FNO2/c18-15-5-6-16-14(10-15)7-8-19(16)11-13-3-1-12(2-4-13)9-17(20)21/h1-8,10H,9,11H2,(H,20,21). The van der Waals surface area contributed by atoms with Crippen LogP contribution in [0.4, 0.5) is 4.39 Å². The van der Waals surface area contributed by atoms with Gasteiger partial charge in [-0.1, -0.05) is 24.3 Å². The molecule has 106 valence electrons. The number of nitrogens with zero attached hydrogens (tertiary/aromatic N) is 1. The number of benzene rings is 2. The van der Waals surface area contributed by atoms with Crippen molar-refractivity contribution < 1.29 is 14.3 Å². The molecule has 0 atom stereocenters. The highest BCUT2D eigenvalue weighted by Gasteiger charge is 2.04. The monoisotopic (exact) mass is 283 g/mol. The molecule has 3 aromatic rings. The molecule has 0 saturated carbocycles. The molecule has 0 saturated heterocycles. The van der Waals surface area contributed by atoms with Gasteiger partial charge in [0.05, 0.1) is 6.42 Å². The second kappa shape index (κ2) is 5.40. The van der Waals surface area contributed by atoms with E-state index in [1.54, 1.807) is 6.07 Å². The van der Waals surface area contributed by atoms with Crippen LogP contribution < -0.4 is 0 Å². The molecule has 0 aliphatic heterocycles. The van der Waals surface area contributed by atoms with E-state index < -0.39 is 5.97 Å². The molecule has 1 heterocycles. The van der Waals surface area contributed by atoms with Crippen LogP contribution >= 0.6 is 0 Å². The molecule has 0 radical (unpaired) electrons. The molecule has 0 aliphatic carbocycles. The van der Waals surface area contributed by atoms with Gasteiger partial charge in [-0.3, -0.25) is 4.79 Å². The molecule has 2 aromatic carbocycles. The maximum atomic E-state index is 13.2. The number of carboxylic acids is 1. The van der Waals surface area contributed by atoms with Crippen molar-refractivity contribution in [1.82, 2.24) is 4.57 Å². The van der Waals surface area contributed by atoms with Crippen LogP contribution in [0.3, 0.4) is 0 Å². The number of aliphatic carboxylic acids is 1. The number of aromatic nitrogens is 1. The van der Waals surface area contributed by atoms with Crippen LogP contribution in [0, 0.1) is 5.82 Å². The molecule has 21 heavy (non-hydrogen) atoms. The molecule has 3 rings (SSSR count). The fourth-order valence-electron chi connectivity index (χ4n) is 2.44. The van der Waals surface area contributed by atoms with Crippen molar-refractivity contribution in [2.24, 2.45) is 0 Å². The number of carboxylic acid groups (broad SMARTS) is 1. The third kappa shape index (κ3) is 2.94. The molecule has 3 nitrogen and oxygen atoms in total. The van der Waals surface area contributed by atoms with Gasteiger partial charge in [-0.15, -0.1) is 0 Å². The quantitative estimate of drug-likeness (QED) is 0.796. The van der Waals surface area contributed by atoms with E-state index >= 15 is 0 Å². The highest BCUT2D eigenvalue weighted by molar-refractivity contribution is 5.80. The van der Waals surface area contributed by atoms with Gasteiger partial charge in [0.1, 0.15) is 5.82 Å². The van der Waals surface area contributed by atoms with E-state index in [2.05, 4.69) is 0 Å². The van der Waals surface area contributed by atoms with Gasteiger partial charge in [-0.25, -0.2) is 4.39 Å². The Morgan fingerprint density at radius 2 is 1.76 bits per heavy atom. The van der Waals surface area contributed by atoms with Crippen molar-refractivity contribution in [3.63, 3.8) is 0 Å². The zero-order chi connectivity index (χ0) is 14.8. The average Bonchev–Trinajstić information content (AvgIpc) is 2.83. The summed E-state index contributed by atoms with van der Waals surface area (Å²) in [6.45, 7) is 0.669. The summed E-state index contributed by atoms with van der Waals surface area (Å²) < 4.78 is 15.2. The van der Waals surface area contributed by atoms with Crippen LogP contribution in [-0.2, 0) is 17.8 Å². The van der Waals surface area contributed by atoms with Crippen molar-refractivity contribution in [2.45, 2.75) is 13.0 Å². The summed E-state index contributed by atoms with van der Waals surface area (Å²) in [6, 6.07) is 14.1. The van der Waals surface area contributed by atoms with E-state index in [0.29, 0.717) is 6.54 Å². The Hall–Kier alpha value is -2.62. The second-order valence-corrected chi connectivity index (χ2v) is 5.03. The van der Waals surface area contributed by atoms with Crippen LogP contribution in [0.5, 0.6) is 0 Å². The first-order valence-electron chi connectivity index (χ1n) is 6.66. The third-order valence-corrected chi connectivity index (χ3v) is 3.46. The van der Waals surface area contributed by atoms with E-state index in [9.17, 15) is 9.18 Å². The normalized spacial score (nSPS) is 10.9. The molecular weight excluding hydrogens is 269 g/mol. The van der Waals surface area contributed by atoms with Crippen LogP contribution in [0.15, 0.2) is 54.7 Å². The third-order valence-electron chi connectivity index (χ3n) is 3.46. The summed E-state index contributed by atoms with van der Waals surface area (Å²) in [5.74, 6) is -1.07. The van der Waals surface area contributed by atoms with E-state index in [1.807, 2.05) is 41.1 Å². The number of hydrogen-bond acceptors (Lipinski definition) is 1. The maximum absolute atomic E-state index is 13.2. The first-order valence-corrected chi connectivity index (χ1v) is 6.66. The van der Waals surface area contributed by atoms with Gasteiger partial charge in [0.2, 0.25) is 0 Å². The van der Waals surface area contributed by atoms with Crippen LogP contribution in [0.2, 0.25) is 0 Å². The lowest BCUT2D eigenvalue weighted by atomic mass is 10.1. The van der Waals surface area contributed by atoms with Gasteiger partial charge < -0.3 is 9.67 Å². The van der Waals surface area contributed by atoms with Crippen molar-refractivity contribution in [3.05, 3.63) is 71.7 Å². The van der Waals surface area contributed by atoms with Gasteiger partial charge in [-0.05, 0) is 35.4 Å². The smallest absolute Gasteiger partial charge is 0.307 e. The molecule has 0 spiro atoms. The Balaban J connectivity index is 1.83. The number of halogens is 1. The summed E-state index contributed by atoms with van der Waals surface area (Å²) in [4.78, 5) is 10.6. The van der Waals surface area contributed by atoms with Crippen LogP contribution in [0.25, 0.3) is 10.9 Å². The van der Waals surface area contributed by atoms with Crippen LogP contribution in [-0.4, -0.2) is 15.6 Å². The van der Waals surface area contributed by atoms with Crippen molar-refractivity contribution in [3.8, 4) is 0 Å². The van der Waals surface area contributed by atoms with E-state index in [0.717, 1.165) is 22.0 Å². The van der Waals surface area contributed by atoms with Crippen molar-refractivity contribution in [1.29, 1.82) is 0 Å². The molecular formula is C17H14FNO2. The summed E-state index contributed by atoms with van der Waals surface area (Å²) in [5.41, 5.74) is 2.84. The highest BCUT2D eigenvalue weighted by atomic mass is 19.1.